The van der Waals surface area contributed by atoms with E-state index in [0.717, 1.165) is 35.6 Å². The number of carbonyl (C=O) groups is 2. The molecule has 2 aliphatic rings. The summed E-state index contributed by atoms with van der Waals surface area (Å²) in [6.07, 6.45) is 5.23. The number of ether oxygens (including phenoxy) is 2. The summed E-state index contributed by atoms with van der Waals surface area (Å²) < 4.78 is 11.7. The Labute approximate surface area is 170 Å². The van der Waals surface area contributed by atoms with Gasteiger partial charge in [-0.1, -0.05) is 6.07 Å². The maximum atomic E-state index is 12.6. The fourth-order valence-electron chi connectivity index (χ4n) is 4.21. The predicted octanol–water partition coefficient (Wildman–Crippen LogP) is 3.64. The van der Waals surface area contributed by atoms with Crippen molar-refractivity contribution in [2.45, 2.75) is 44.1 Å². The van der Waals surface area contributed by atoms with Gasteiger partial charge in [-0.25, -0.2) is 0 Å². The van der Waals surface area contributed by atoms with Crippen molar-refractivity contribution < 1.29 is 19.1 Å². The van der Waals surface area contributed by atoms with Gasteiger partial charge in [0.05, 0.1) is 13.2 Å². The first-order chi connectivity index (χ1) is 14.0. The third kappa shape index (κ3) is 4.06. The largest absolute Gasteiger partial charge is 0.493 e. The number of primary amides is 1. The van der Waals surface area contributed by atoms with Crippen LogP contribution in [0.3, 0.4) is 0 Å². The number of rotatable bonds is 6. The Bertz CT molecular complexity index is 904. The van der Waals surface area contributed by atoms with Gasteiger partial charge in [0.15, 0.2) is 11.5 Å². The number of anilines is 1. The minimum atomic E-state index is -0.477. The van der Waals surface area contributed by atoms with Crippen molar-refractivity contribution in [1.29, 1.82) is 0 Å². The van der Waals surface area contributed by atoms with E-state index in [1.807, 2.05) is 18.2 Å². The van der Waals surface area contributed by atoms with E-state index in [1.54, 1.807) is 36.3 Å². The van der Waals surface area contributed by atoms with Crippen molar-refractivity contribution >= 4 is 17.5 Å². The highest BCUT2D eigenvalue weighted by atomic mass is 16.5. The van der Waals surface area contributed by atoms with Crippen LogP contribution in [0.1, 0.15) is 53.9 Å². The van der Waals surface area contributed by atoms with E-state index in [1.165, 1.54) is 12.8 Å². The van der Waals surface area contributed by atoms with Crippen LogP contribution in [0.5, 0.6) is 11.5 Å². The highest BCUT2D eigenvalue weighted by Crippen LogP contribution is 2.38. The van der Waals surface area contributed by atoms with Crippen LogP contribution in [0.4, 0.5) is 5.69 Å². The molecule has 29 heavy (non-hydrogen) atoms. The van der Waals surface area contributed by atoms with Crippen LogP contribution in [0, 0.1) is 0 Å². The molecule has 4 rings (SSSR count). The highest BCUT2D eigenvalue weighted by Gasteiger charge is 2.32. The predicted molar refractivity (Wildman–Crippen MR) is 111 cm³/mol. The molecule has 2 N–H and O–H groups in total. The first-order valence-corrected chi connectivity index (χ1v) is 10.1. The number of nitrogens with two attached hydrogens (primary N) is 1. The summed E-state index contributed by atoms with van der Waals surface area (Å²) in [6, 6.07) is 12.8. The molecule has 0 radical (unpaired) electrons. The Kier molecular flexibility index (Phi) is 5.43. The quantitative estimate of drug-likeness (QED) is 0.811. The third-order valence-electron chi connectivity index (χ3n) is 5.84. The SMILES string of the molecule is COc1ccc([C@H]2CC(=O)N(c3ccc(C(N)=O)cc3)C2)cc1OC1CCCC1. The molecular weight excluding hydrogens is 368 g/mol. The number of methoxy groups -OCH3 is 1. The van der Waals surface area contributed by atoms with Crippen molar-refractivity contribution in [2.24, 2.45) is 5.73 Å². The van der Waals surface area contributed by atoms with Crippen molar-refractivity contribution in [2.75, 3.05) is 18.6 Å². The summed E-state index contributed by atoms with van der Waals surface area (Å²) in [6.45, 7) is 0.587. The van der Waals surface area contributed by atoms with Crippen LogP contribution >= 0.6 is 0 Å². The van der Waals surface area contributed by atoms with E-state index in [0.29, 0.717) is 18.5 Å². The summed E-state index contributed by atoms with van der Waals surface area (Å²) in [7, 11) is 1.65. The lowest BCUT2D eigenvalue weighted by Crippen LogP contribution is -2.24. The number of nitrogens with zero attached hydrogens (tertiary/aromatic N) is 1. The molecule has 1 saturated heterocycles. The second kappa shape index (κ2) is 8.15. The maximum absolute atomic E-state index is 12.6. The Morgan fingerprint density at radius 1 is 1.07 bits per heavy atom. The molecule has 2 aromatic carbocycles. The molecule has 1 saturated carbocycles. The third-order valence-corrected chi connectivity index (χ3v) is 5.84. The smallest absolute Gasteiger partial charge is 0.248 e. The van der Waals surface area contributed by atoms with Gasteiger partial charge in [-0.15, -0.1) is 0 Å². The molecule has 6 nitrogen and oxygen atoms in total. The van der Waals surface area contributed by atoms with E-state index in [9.17, 15) is 9.59 Å². The Morgan fingerprint density at radius 2 is 1.79 bits per heavy atom. The number of amides is 2. The van der Waals surface area contributed by atoms with Gasteiger partial charge in [0.25, 0.3) is 0 Å². The summed E-state index contributed by atoms with van der Waals surface area (Å²) in [4.78, 5) is 25.7. The van der Waals surface area contributed by atoms with Crippen molar-refractivity contribution in [3.63, 3.8) is 0 Å². The average Bonchev–Trinajstić information content (AvgIpc) is 3.37. The molecule has 1 aliphatic carbocycles. The van der Waals surface area contributed by atoms with Crippen LogP contribution in [-0.4, -0.2) is 31.6 Å². The fourth-order valence-corrected chi connectivity index (χ4v) is 4.21. The van der Waals surface area contributed by atoms with E-state index < -0.39 is 5.91 Å². The average molecular weight is 394 g/mol. The van der Waals surface area contributed by atoms with E-state index in [-0.39, 0.29) is 17.9 Å². The Hall–Kier alpha value is -3.02. The Morgan fingerprint density at radius 3 is 2.45 bits per heavy atom. The second-order valence-electron chi connectivity index (χ2n) is 7.75. The van der Waals surface area contributed by atoms with Crippen LogP contribution in [0.25, 0.3) is 0 Å². The lowest BCUT2D eigenvalue weighted by Gasteiger charge is -2.19. The molecule has 0 aromatic heterocycles. The minimum Gasteiger partial charge on any atom is -0.493 e. The van der Waals surface area contributed by atoms with Gasteiger partial charge in [-0.3, -0.25) is 9.59 Å². The molecule has 2 amide bonds. The standard InChI is InChI=1S/C23H26N2O4/c1-28-20-11-8-16(12-21(20)29-19-4-2-3-5-19)17-13-22(26)25(14-17)18-9-6-15(7-10-18)23(24)27/h6-12,17,19H,2-5,13-14H2,1H3,(H2,24,27)/t17-/m0/s1. The zero-order valence-electron chi connectivity index (χ0n) is 16.6. The van der Waals surface area contributed by atoms with Gasteiger partial charge in [-0.2, -0.15) is 0 Å². The van der Waals surface area contributed by atoms with Gasteiger partial charge in [0.2, 0.25) is 11.8 Å². The lowest BCUT2D eigenvalue weighted by atomic mass is 9.98. The van der Waals surface area contributed by atoms with Crippen LogP contribution in [-0.2, 0) is 4.79 Å². The van der Waals surface area contributed by atoms with Gasteiger partial charge in [0, 0.05) is 30.1 Å². The molecule has 2 fully saturated rings. The van der Waals surface area contributed by atoms with Crippen LogP contribution in [0.2, 0.25) is 0 Å². The van der Waals surface area contributed by atoms with Gasteiger partial charge >= 0.3 is 0 Å². The molecule has 1 atom stereocenters. The highest BCUT2D eigenvalue weighted by molar-refractivity contribution is 5.98. The van der Waals surface area contributed by atoms with Crippen molar-refractivity contribution in [1.82, 2.24) is 0 Å². The number of hydrogen-bond donors (Lipinski definition) is 1. The summed E-state index contributed by atoms with van der Waals surface area (Å²) >= 11 is 0. The van der Waals surface area contributed by atoms with Gasteiger partial charge in [0.1, 0.15) is 0 Å². The zero-order valence-corrected chi connectivity index (χ0v) is 16.6. The maximum Gasteiger partial charge on any atom is 0.248 e. The molecule has 1 aliphatic heterocycles. The molecule has 0 bridgehead atoms. The summed E-state index contributed by atoms with van der Waals surface area (Å²) in [5, 5.41) is 0. The molecule has 152 valence electrons. The topological polar surface area (TPSA) is 81.9 Å². The zero-order chi connectivity index (χ0) is 20.4. The molecular formula is C23H26N2O4. The minimum absolute atomic E-state index is 0.0657. The van der Waals surface area contributed by atoms with E-state index >= 15 is 0 Å². The molecule has 1 heterocycles. The Balaban J connectivity index is 1.52. The molecule has 6 heteroatoms. The lowest BCUT2D eigenvalue weighted by molar-refractivity contribution is -0.117. The number of carbonyl (C=O) groups excluding carboxylic acids is 2. The summed E-state index contributed by atoms with van der Waals surface area (Å²) in [5.74, 6) is 1.15. The van der Waals surface area contributed by atoms with Crippen molar-refractivity contribution in [3.05, 3.63) is 53.6 Å². The molecule has 0 unspecified atom stereocenters. The van der Waals surface area contributed by atoms with E-state index in [2.05, 4.69) is 0 Å². The van der Waals surface area contributed by atoms with Crippen LogP contribution < -0.4 is 20.1 Å². The first-order valence-electron chi connectivity index (χ1n) is 10.1. The second-order valence-corrected chi connectivity index (χ2v) is 7.75. The van der Waals surface area contributed by atoms with Crippen LogP contribution in [0.15, 0.2) is 42.5 Å². The summed E-state index contributed by atoms with van der Waals surface area (Å²) in [5.41, 5.74) is 7.58. The fraction of sp³-hybridized carbons (Fsp3) is 0.391. The van der Waals surface area contributed by atoms with E-state index in [4.69, 9.17) is 15.2 Å². The number of hydrogen-bond acceptors (Lipinski definition) is 4. The normalized spacial score (nSPS) is 19.6. The number of benzene rings is 2. The first kappa shape index (κ1) is 19.3. The monoisotopic (exact) mass is 394 g/mol. The van der Waals surface area contributed by atoms with Crippen molar-refractivity contribution in [3.8, 4) is 11.5 Å². The van der Waals surface area contributed by atoms with Gasteiger partial charge in [-0.05, 0) is 67.6 Å². The molecule has 2 aromatic rings. The molecule has 0 spiro atoms. The van der Waals surface area contributed by atoms with Gasteiger partial charge < -0.3 is 20.1 Å².